The van der Waals surface area contributed by atoms with Crippen molar-refractivity contribution >= 4 is 68.2 Å². The summed E-state index contributed by atoms with van der Waals surface area (Å²) >= 11 is 8.61. The molecule has 186 valence electrons. The van der Waals surface area contributed by atoms with Crippen LogP contribution in [0.25, 0.3) is 6.08 Å². The molecular formula is C24H15BrN4O7S. The van der Waals surface area contributed by atoms with E-state index >= 15 is 0 Å². The molecule has 3 aromatic carbocycles. The number of hydrogen-bond donors (Lipinski definition) is 1. The monoisotopic (exact) mass is 582 g/mol. The molecule has 0 bridgehead atoms. The quantitative estimate of drug-likeness (QED) is 0.137. The topological polar surface area (TPSA) is 145 Å². The number of halogens is 1. The van der Waals surface area contributed by atoms with Crippen molar-refractivity contribution in [1.29, 1.82) is 0 Å². The largest absolute Gasteiger partial charge is 0.450 e. The summed E-state index contributed by atoms with van der Waals surface area (Å²) in [7, 11) is 0. The number of rotatable bonds is 6. The number of hydrogen-bond acceptors (Lipinski definition) is 8. The molecule has 2 amide bonds. The van der Waals surface area contributed by atoms with Crippen LogP contribution in [0, 0.1) is 27.2 Å². The number of anilines is 1. The van der Waals surface area contributed by atoms with Crippen molar-refractivity contribution < 1.29 is 24.2 Å². The van der Waals surface area contributed by atoms with Crippen molar-refractivity contribution in [2.24, 2.45) is 0 Å². The molecule has 1 saturated heterocycles. The molecule has 1 N–H and O–H groups in total. The molecule has 1 heterocycles. The minimum atomic E-state index is -0.780. The molecule has 0 aliphatic carbocycles. The highest BCUT2D eigenvalue weighted by molar-refractivity contribution is 9.10. The first-order valence-electron chi connectivity index (χ1n) is 10.4. The third-order valence-electron chi connectivity index (χ3n) is 5.27. The summed E-state index contributed by atoms with van der Waals surface area (Å²) in [5, 5.41) is 24.7. The molecule has 0 aromatic heterocycles. The second-order valence-electron chi connectivity index (χ2n) is 7.73. The van der Waals surface area contributed by atoms with Gasteiger partial charge in [-0.25, -0.2) is 0 Å². The molecule has 0 atom stereocenters. The third-order valence-corrected chi connectivity index (χ3v) is 6.05. The number of nitrogens with one attached hydrogen (secondary N) is 1. The van der Waals surface area contributed by atoms with Crippen LogP contribution in [0.3, 0.4) is 0 Å². The zero-order valence-corrected chi connectivity index (χ0v) is 21.2. The summed E-state index contributed by atoms with van der Waals surface area (Å²) in [5.41, 5.74) is 0.618. The maximum atomic E-state index is 13.2. The number of ether oxygens (including phenoxy) is 1. The minimum absolute atomic E-state index is 0.0361. The van der Waals surface area contributed by atoms with E-state index in [0.717, 1.165) is 28.2 Å². The third kappa shape index (κ3) is 5.37. The first kappa shape index (κ1) is 25.6. The van der Waals surface area contributed by atoms with Crippen LogP contribution in [0.4, 0.5) is 17.1 Å². The number of nitro groups is 2. The predicted octanol–water partition coefficient (Wildman–Crippen LogP) is 5.20. The van der Waals surface area contributed by atoms with Gasteiger partial charge in [-0.15, -0.1) is 0 Å². The molecule has 11 nitrogen and oxygen atoms in total. The van der Waals surface area contributed by atoms with E-state index in [1.54, 1.807) is 24.3 Å². The van der Waals surface area contributed by atoms with Crippen molar-refractivity contribution in [2.75, 3.05) is 4.90 Å². The number of aryl methyl sites for hydroxylation is 1. The lowest BCUT2D eigenvalue weighted by atomic mass is 10.1. The number of amides is 2. The highest BCUT2D eigenvalue weighted by atomic mass is 79.9. The Morgan fingerprint density at radius 3 is 2.32 bits per heavy atom. The fraction of sp³-hybridized carbons (Fsp3) is 0.0417. The second-order valence-corrected chi connectivity index (χ2v) is 9.03. The van der Waals surface area contributed by atoms with Crippen LogP contribution in [-0.2, 0) is 9.59 Å². The van der Waals surface area contributed by atoms with Crippen LogP contribution in [0.5, 0.6) is 11.5 Å². The Kier molecular flexibility index (Phi) is 7.09. The van der Waals surface area contributed by atoms with Gasteiger partial charge in [0.25, 0.3) is 17.5 Å². The van der Waals surface area contributed by atoms with E-state index in [9.17, 15) is 29.8 Å². The number of non-ortho nitro benzene ring substituents is 1. The van der Waals surface area contributed by atoms with Crippen LogP contribution in [0.15, 0.2) is 70.7 Å². The van der Waals surface area contributed by atoms with E-state index < -0.39 is 33.0 Å². The van der Waals surface area contributed by atoms with Gasteiger partial charge >= 0.3 is 5.69 Å². The van der Waals surface area contributed by atoms with E-state index in [1.165, 1.54) is 23.1 Å². The molecule has 1 fully saturated rings. The second kappa shape index (κ2) is 10.2. The number of thiocarbonyl (C=S) groups is 1. The van der Waals surface area contributed by atoms with Crippen LogP contribution in [0.2, 0.25) is 0 Å². The highest BCUT2D eigenvalue weighted by Gasteiger charge is 2.35. The van der Waals surface area contributed by atoms with Crippen LogP contribution in [0.1, 0.15) is 11.1 Å². The van der Waals surface area contributed by atoms with Gasteiger partial charge in [0.1, 0.15) is 11.3 Å². The Hall–Kier alpha value is -4.49. The van der Waals surface area contributed by atoms with Crippen LogP contribution < -0.4 is 15.0 Å². The fourth-order valence-corrected chi connectivity index (χ4v) is 4.27. The molecule has 13 heteroatoms. The van der Waals surface area contributed by atoms with Gasteiger partial charge in [0.2, 0.25) is 5.75 Å². The van der Waals surface area contributed by atoms with Crippen molar-refractivity contribution in [2.45, 2.75) is 6.92 Å². The lowest BCUT2D eigenvalue weighted by molar-refractivity contribution is -0.394. The number of nitrogens with zero attached hydrogens (tertiary/aromatic N) is 3. The van der Waals surface area contributed by atoms with Crippen LogP contribution >= 0.6 is 28.1 Å². The molecule has 1 aliphatic heterocycles. The first-order chi connectivity index (χ1) is 17.5. The Morgan fingerprint density at radius 2 is 1.70 bits per heavy atom. The van der Waals surface area contributed by atoms with E-state index in [0.29, 0.717) is 11.3 Å². The molecule has 4 rings (SSSR count). The number of nitro benzene ring substituents is 2. The predicted molar refractivity (Wildman–Crippen MR) is 141 cm³/mol. The fourth-order valence-electron chi connectivity index (χ4n) is 3.52. The van der Waals surface area contributed by atoms with Gasteiger partial charge in [-0.1, -0.05) is 28.1 Å². The number of carbonyl (C=O) groups is 2. The lowest BCUT2D eigenvalue weighted by Gasteiger charge is -2.30. The maximum absolute atomic E-state index is 13.2. The normalized spacial score (nSPS) is 14.5. The zero-order chi connectivity index (χ0) is 26.9. The van der Waals surface area contributed by atoms with E-state index in [2.05, 4.69) is 21.2 Å². The molecule has 1 aliphatic rings. The number of carbonyl (C=O) groups excluding carboxylic acids is 2. The summed E-state index contributed by atoms with van der Waals surface area (Å²) in [5.74, 6) is -1.23. The van der Waals surface area contributed by atoms with E-state index in [-0.39, 0.29) is 22.2 Å². The van der Waals surface area contributed by atoms with Gasteiger partial charge in [0, 0.05) is 10.5 Å². The van der Waals surface area contributed by atoms with Crippen molar-refractivity contribution in [3.8, 4) is 11.5 Å². The Morgan fingerprint density at radius 1 is 1.00 bits per heavy atom. The summed E-state index contributed by atoms with van der Waals surface area (Å²) in [4.78, 5) is 47.8. The van der Waals surface area contributed by atoms with Crippen molar-refractivity contribution in [1.82, 2.24) is 5.32 Å². The van der Waals surface area contributed by atoms with Gasteiger partial charge in [-0.2, -0.15) is 0 Å². The van der Waals surface area contributed by atoms with E-state index in [1.807, 2.05) is 13.0 Å². The lowest BCUT2D eigenvalue weighted by Crippen LogP contribution is -2.54. The number of benzene rings is 3. The average Bonchev–Trinajstić information content (AvgIpc) is 2.84. The molecule has 0 saturated carbocycles. The minimum Gasteiger partial charge on any atom is -0.450 e. The molecular weight excluding hydrogens is 568 g/mol. The van der Waals surface area contributed by atoms with Crippen molar-refractivity contribution in [3.63, 3.8) is 0 Å². The maximum Gasteiger partial charge on any atom is 0.318 e. The molecule has 0 unspecified atom stereocenters. The van der Waals surface area contributed by atoms with Gasteiger partial charge in [-0.05, 0) is 72.7 Å². The van der Waals surface area contributed by atoms with Gasteiger partial charge in [-0.3, -0.25) is 40.0 Å². The van der Waals surface area contributed by atoms with Gasteiger partial charge in [0.05, 0.1) is 21.6 Å². The summed E-state index contributed by atoms with van der Waals surface area (Å²) < 4.78 is 6.37. The highest BCUT2D eigenvalue weighted by Crippen LogP contribution is 2.34. The zero-order valence-electron chi connectivity index (χ0n) is 18.8. The Labute approximate surface area is 222 Å². The Bertz CT molecular complexity index is 1520. The SMILES string of the molecule is Cc1cc(Br)ccc1N1C(=O)/C(=C/c2ccc(Oc3ccc([N+](=O)[O-])cc3[N+](=O)[O-])cc2)C(=O)NC1=S. The first-order valence-corrected chi connectivity index (χ1v) is 11.6. The Balaban J connectivity index is 1.60. The molecule has 0 spiro atoms. The van der Waals surface area contributed by atoms with E-state index in [4.69, 9.17) is 17.0 Å². The van der Waals surface area contributed by atoms with Gasteiger partial charge < -0.3 is 4.74 Å². The molecule has 3 aromatic rings. The summed E-state index contributed by atoms with van der Waals surface area (Å²) in [6.07, 6.45) is 1.39. The van der Waals surface area contributed by atoms with Crippen molar-refractivity contribution in [3.05, 3.63) is 102 Å². The molecule has 0 radical (unpaired) electrons. The standard InChI is InChI=1S/C24H15BrN4O7S/c1-13-10-15(25)4-8-19(13)27-23(31)18(22(30)26-24(27)37)11-14-2-6-17(7-3-14)36-21-9-5-16(28(32)33)12-20(21)29(34)35/h2-12H,1H3,(H,26,30,37)/b18-11+. The van der Waals surface area contributed by atoms with Crippen LogP contribution in [-0.4, -0.2) is 26.8 Å². The average molecular weight is 583 g/mol. The molecule has 37 heavy (non-hydrogen) atoms. The summed E-state index contributed by atoms with van der Waals surface area (Å²) in [6, 6.07) is 14.4. The summed E-state index contributed by atoms with van der Waals surface area (Å²) in [6.45, 7) is 1.81. The van der Waals surface area contributed by atoms with Gasteiger partial charge in [0.15, 0.2) is 5.11 Å². The smallest absolute Gasteiger partial charge is 0.318 e.